The molecule has 120 valence electrons. The summed E-state index contributed by atoms with van der Waals surface area (Å²) >= 11 is 0. The van der Waals surface area contributed by atoms with Crippen LogP contribution in [0, 0.1) is 10.1 Å². The average Bonchev–Trinajstić information content (AvgIpc) is 3.09. The van der Waals surface area contributed by atoms with Crippen LogP contribution >= 0.6 is 0 Å². The third-order valence-electron chi connectivity index (χ3n) is 3.98. The Hall–Kier alpha value is -2.90. The van der Waals surface area contributed by atoms with Crippen LogP contribution in [0.3, 0.4) is 0 Å². The molecule has 0 aliphatic carbocycles. The topological polar surface area (TPSA) is 104 Å². The lowest BCUT2D eigenvalue weighted by Crippen LogP contribution is -2.41. The molecular formula is C15H17N5O3. The minimum absolute atomic E-state index is 0.0267. The maximum absolute atomic E-state index is 12.6. The highest BCUT2D eigenvalue weighted by atomic mass is 16.6. The highest BCUT2D eigenvalue weighted by Gasteiger charge is 2.28. The fourth-order valence-electron chi connectivity index (χ4n) is 2.86. The summed E-state index contributed by atoms with van der Waals surface area (Å²) in [5.41, 5.74) is 1.34. The number of rotatable bonds is 3. The van der Waals surface area contributed by atoms with Crippen LogP contribution in [0.1, 0.15) is 30.9 Å². The third kappa shape index (κ3) is 3.31. The molecule has 1 aliphatic heterocycles. The van der Waals surface area contributed by atoms with Crippen LogP contribution in [-0.2, 0) is 0 Å². The summed E-state index contributed by atoms with van der Waals surface area (Å²) in [5.74, 6) is 0. The van der Waals surface area contributed by atoms with Gasteiger partial charge < -0.3 is 10.2 Å². The molecule has 8 heteroatoms. The van der Waals surface area contributed by atoms with Gasteiger partial charge in [0.15, 0.2) is 0 Å². The number of nitrogens with one attached hydrogen (secondary N) is 2. The smallest absolute Gasteiger partial charge is 0.317 e. The molecule has 0 unspecified atom stereocenters. The number of carbonyl (C=O) groups is 1. The van der Waals surface area contributed by atoms with Crippen molar-refractivity contribution in [3.63, 3.8) is 0 Å². The molecule has 3 rings (SSSR count). The van der Waals surface area contributed by atoms with Gasteiger partial charge in [0.2, 0.25) is 0 Å². The molecule has 2 heterocycles. The molecule has 2 N–H and O–H groups in total. The number of nitrogens with zero attached hydrogens (tertiary/aromatic N) is 3. The molecule has 23 heavy (non-hydrogen) atoms. The lowest BCUT2D eigenvalue weighted by Gasteiger charge is -2.35. The van der Waals surface area contributed by atoms with Crippen LogP contribution in [0.15, 0.2) is 36.7 Å². The number of non-ortho nitro benzene ring substituents is 1. The molecule has 1 atom stereocenters. The molecule has 0 spiro atoms. The maximum atomic E-state index is 12.6. The van der Waals surface area contributed by atoms with E-state index in [-0.39, 0.29) is 17.8 Å². The molecule has 1 fully saturated rings. The summed E-state index contributed by atoms with van der Waals surface area (Å²) in [6, 6.07) is 5.66. The van der Waals surface area contributed by atoms with E-state index in [9.17, 15) is 14.9 Å². The Bertz CT molecular complexity index is 701. The predicted molar refractivity (Wildman–Crippen MR) is 84.0 cm³/mol. The van der Waals surface area contributed by atoms with E-state index in [1.165, 1.54) is 12.1 Å². The van der Waals surface area contributed by atoms with E-state index in [0.717, 1.165) is 24.8 Å². The number of H-pyrrole nitrogens is 1. The van der Waals surface area contributed by atoms with Crippen molar-refractivity contribution in [2.45, 2.75) is 25.3 Å². The zero-order chi connectivity index (χ0) is 16.2. The Morgan fingerprint density at radius 2 is 2.30 bits per heavy atom. The van der Waals surface area contributed by atoms with E-state index in [1.54, 1.807) is 29.4 Å². The number of benzene rings is 1. The Morgan fingerprint density at radius 3 is 3.04 bits per heavy atom. The molecule has 1 aromatic heterocycles. The van der Waals surface area contributed by atoms with Crippen molar-refractivity contribution >= 4 is 17.4 Å². The number of carbonyl (C=O) groups excluding carboxylic acids is 1. The van der Waals surface area contributed by atoms with Gasteiger partial charge in [-0.25, -0.2) is 4.79 Å². The summed E-state index contributed by atoms with van der Waals surface area (Å²) in [7, 11) is 0. The van der Waals surface area contributed by atoms with Crippen molar-refractivity contribution in [3.8, 4) is 0 Å². The second-order valence-electron chi connectivity index (χ2n) is 5.47. The average molecular weight is 315 g/mol. The van der Waals surface area contributed by atoms with Crippen LogP contribution in [-0.4, -0.2) is 32.6 Å². The van der Waals surface area contributed by atoms with E-state index in [1.807, 2.05) is 0 Å². The number of urea groups is 1. The molecule has 0 bridgehead atoms. The number of nitro groups is 1. The molecule has 0 saturated carbocycles. The fraction of sp³-hybridized carbons (Fsp3) is 0.333. The first kappa shape index (κ1) is 15.0. The summed E-state index contributed by atoms with van der Waals surface area (Å²) < 4.78 is 0. The van der Waals surface area contributed by atoms with E-state index >= 15 is 0 Å². The number of likely N-dealkylation sites (tertiary alicyclic amines) is 1. The molecule has 1 aromatic carbocycles. The highest BCUT2D eigenvalue weighted by Crippen LogP contribution is 2.31. The van der Waals surface area contributed by atoms with E-state index in [0.29, 0.717) is 12.2 Å². The first-order valence-electron chi connectivity index (χ1n) is 7.46. The summed E-state index contributed by atoms with van der Waals surface area (Å²) in [6.07, 6.45) is 6.39. The molecule has 1 aliphatic rings. The van der Waals surface area contributed by atoms with E-state index < -0.39 is 4.92 Å². The summed E-state index contributed by atoms with van der Waals surface area (Å²) in [6.45, 7) is 0.649. The number of aromatic amines is 1. The quantitative estimate of drug-likeness (QED) is 0.670. The lowest BCUT2D eigenvalue weighted by atomic mass is 9.98. The van der Waals surface area contributed by atoms with Gasteiger partial charge in [0.05, 0.1) is 17.2 Å². The first-order chi connectivity index (χ1) is 11.1. The van der Waals surface area contributed by atoms with Gasteiger partial charge in [-0.2, -0.15) is 5.10 Å². The van der Waals surface area contributed by atoms with Gasteiger partial charge >= 0.3 is 6.03 Å². The fourth-order valence-corrected chi connectivity index (χ4v) is 2.86. The van der Waals surface area contributed by atoms with Gasteiger partial charge in [-0.1, -0.05) is 6.07 Å². The van der Waals surface area contributed by atoms with Gasteiger partial charge in [0.1, 0.15) is 0 Å². The van der Waals surface area contributed by atoms with Gasteiger partial charge in [0.25, 0.3) is 5.69 Å². The Balaban J connectivity index is 1.76. The van der Waals surface area contributed by atoms with Crippen molar-refractivity contribution in [2.75, 3.05) is 11.9 Å². The number of piperidine rings is 1. The number of hydrogen-bond acceptors (Lipinski definition) is 4. The largest absolute Gasteiger partial charge is 0.322 e. The second-order valence-corrected chi connectivity index (χ2v) is 5.47. The zero-order valence-electron chi connectivity index (χ0n) is 12.4. The van der Waals surface area contributed by atoms with Gasteiger partial charge in [-0.3, -0.25) is 15.2 Å². The normalized spacial score (nSPS) is 17.7. The summed E-state index contributed by atoms with van der Waals surface area (Å²) in [4.78, 5) is 24.7. The van der Waals surface area contributed by atoms with Crippen molar-refractivity contribution in [2.24, 2.45) is 0 Å². The van der Waals surface area contributed by atoms with Crippen molar-refractivity contribution in [1.82, 2.24) is 15.1 Å². The third-order valence-corrected chi connectivity index (χ3v) is 3.98. The highest BCUT2D eigenvalue weighted by molar-refractivity contribution is 5.90. The zero-order valence-corrected chi connectivity index (χ0v) is 12.4. The van der Waals surface area contributed by atoms with Crippen LogP contribution < -0.4 is 5.32 Å². The molecule has 0 radical (unpaired) electrons. The minimum atomic E-state index is -0.481. The number of aromatic nitrogens is 2. The number of amides is 2. The molecular weight excluding hydrogens is 298 g/mol. The number of anilines is 1. The molecule has 2 amide bonds. The van der Waals surface area contributed by atoms with E-state index in [2.05, 4.69) is 15.5 Å². The van der Waals surface area contributed by atoms with Gasteiger partial charge in [0, 0.05) is 36.1 Å². The predicted octanol–water partition coefficient (Wildman–Crippen LogP) is 3.08. The van der Waals surface area contributed by atoms with Gasteiger partial charge in [-0.05, 0) is 25.3 Å². The molecule has 2 aromatic rings. The Labute approximate surface area is 132 Å². The van der Waals surface area contributed by atoms with Crippen LogP contribution in [0.4, 0.5) is 16.2 Å². The van der Waals surface area contributed by atoms with Crippen LogP contribution in [0.2, 0.25) is 0 Å². The Morgan fingerprint density at radius 1 is 1.43 bits per heavy atom. The van der Waals surface area contributed by atoms with Crippen molar-refractivity contribution < 1.29 is 9.72 Å². The van der Waals surface area contributed by atoms with E-state index in [4.69, 9.17) is 0 Å². The SMILES string of the molecule is O=C(Nc1cccc([N+](=O)[O-])c1)N1CCCC[C@H]1c1cn[nH]c1. The number of nitro benzene ring substituents is 1. The van der Waals surface area contributed by atoms with Crippen molar-refractivity contribution in [1.29, 1.82) is 0 Å². The van der Waals surface area contributed by atoms with Crippen LogP contribution in [0.5, 0.6) is 0 Å². The lowest BCUT2D eigenvalue weighted by molar-refractivity contribution is -0.384. The second kappa shape index (κ2) is 6.47. The monoisotopic (exact) mass is 315 g/mol. The van der Waals surface area contributed by atoms with Crippen LogP contribution in [0.25, 0.3) is 0 Å². The first-order valence-corrected chi connectivity index (χ1v) is 7.46. The summed E-state index contributed by atoms with van der Waals surface area (Å²) in [5, 5.41) is 20.3. The maximum Gasteiger partial charge on any atom is 0.322 e. The molecule has 8 nitrogen and oxygen atoms in total. The van der Waals surface area contributed by atoms with Gasteiger partial charge in [-0.15, -0.1) is 0 Å². The van der Waals surface area contributed by atoms with Crippen molar-refractivity contribution in [3.05, 3.63) is 52.3 Å². The minimum Gasteiger partial charge on any atom is -0.317 e. The standard InChI is InChI=1S/C15H17N5O3/c21-15(18-12-4-3-5-13(8-12)20(22)23)19-7-2-1-6-14(19)11-9-16-17-10-11/h3-5,8-10,14H,1-2,6-7H2,(H,16,17)(H,18,21)/t14-/m0/s1. The number of hydrogen-bond donors (Lipinski definition) is 2. The Kier molecular flexibility index (Phi) is 4.22. The molecule has 1 saturated heterocycles.